The van der Waals surface area contributed by atoms with Gasteiger partial charge in [-0.2, -0.15) is 4.98 Å². The Labute approximate surface area is 151 Å². The average Bonchev–Trinajstić information content (AvgIpc) is 3.27. The first-order valence-corrected chi connectivity index (χ1v) is 9.45. The average molecular weight is 370 g/mol. The highest BCUT2D eigenvalue weighted by atomic mass is 32.2. The third-order valence-electron chi connectivity index (χ3n) is 3.76. The molecule has 0 unspecified atom stereocenters. The maximum absolute atomic E-state index is 12.3. The summed E-state index contributed by atoms with van der Waals surface area (Å²) in [5, 5.41) is 7.18. The largest absolute Gasteiger partial charge is 0.334 e. The van der Waals surface area contributed by atoms with Crippen LogP contribution < -0.4 is 5.56 Å². The Hall–Kier alpha value is -2.45. The molecule has 0 N–H and O–H groups in total. The van der Waals surface area contributed by atoms with Crippen molar-refractivity contribution in [1.29, 1.82) is 0 Å². The maximum Gasteiger partial charge on any atom is 0.262 e. The Morgan fingerprint density at radius 2 is 2.00 bits per heavy atom. The molecule has 0 amide bonds. The number of hydrogen-bond acceptors (Lipinski definition) is 7. The topological polar surface area (TPSA) is 73.8 Å². The van der Waals surface area contributed by atoms with Gasteiger partial charge in [-0.1, -0.05) is 34.6 Å². The fourth-order valence-corrected chi connectivity index (χ4v) is 3.98. The van der Waals surface area contributed by atoms with Gasteiger partial charge in [-0.05, 0) is 30.5 Å². The van der Waals surface area contributed by atoms with Gasteiger partial charge in [0.1, 0.15) is 4.83 Å². The molecular weight excluding hydrogens is 356 g/mol. The van der Waals surface area contributed by atoms with E-state index in [-0.39, 0.29) is 5.56 Å². The number of aromatic nitrogens is 4. The molecular formula is C17H14N4O2S2. The molecule has 126 valence electrons. The second-order valence-electron chi connectivity index (χ2n) is 5.57. The van der Waals surface area contributed by atoms with E-state index in [2.05, 4.69) is 15.1 Å². The van der Waals surface area contributed by atoms with Gasteiger partial charge in [-0.3, -0.25) is 9.36 Å². The van der Waals surface area contributed by atoms with E-state index >= 15 is 0 Å². The number of aryl methyl sites for hydroxylation is 1. The van der Waals surface area contributed by atoms with E-state index in [1.807, 2.05) is 36.6 Å². The van der Waals surface area contributed by atoms with Crippen LogP contribution in [0.2, 0.25) is 0 Å². The molecule has 0 aliphatic heterocycles. The minimum atomic E-state index is -0.0396. The smallest absolute Gasteiger partial charge is 0.262 e. The fourth-order valence-electron chi connectivity index (χ4n) is 2.36. The number of benzene rings is 1. The zero-order chi connectivity index (χ0) is 17.4. The summed E-state index contributed by atoms with van der Waals surface area (Å²) in [5.41, 5.74) is 2.03. The van der Waals surface area contributed by atoms with Gasteiger partial charge < -0.3 is 4.52 Å². The molecule has 0 spiro atoms. The zero-order valence-corrected chi connectivity index (χ0v) is 15.2. The first kappa shape index (κ1) is 16.0. The molecule has 0 atom stereocenters. The van der Waals surface area contributed by atoms with Crippen LogP contribution in [0.1, 0.15) is 11.4 Å². The molecule has 4 aromatic rings. The van der Waals surface area contributed by atoms with E-state index in [4.69, 9.17) is 4.52 Å². The first-order chi connectivity index (χ1) is 12.1. The van der Waals surface area contributed by atoms with Crippen molar-refractivity contribution in [3.63, 3.8) is 0 Å². The van der Waals surface area contributed by atoms with Gasteiger partial charge in [0.05, 0.1) is 11.1 Å². The second kappa shape index (κ2) is 6.45. The summed E-state index contributed by atoms with van der Waals surface area (Å²) in [6, 6.07) is 9.72. The number of fused-ring (bicyclic) bond motifs is 1. The molecule has 4 rings (SSSR count). The lowest BCUT2D eigenvalue weighted by Crippen LogP contribution is -2.19. The number of thiophene rings is 1. The van der Waals surface area contributed by atoms with Gasteiger partial charge in [0.2, 0.25) is 0 Å². The molecule has 0 saturated carbocycles. The van der Waals surface area contributed by atoms with E-state index < -0.39 is 0 Å². The third kappa shape index (κ3) is 3.10. The van der Waals surface area contributed by atoms with Crippen LogP contribution in [0.5, 0.6) is 0 Å². The highest BCUT2D eigenvalue weighted by Gasteiger charge is 2.13. The molecule has 8 heteroatoms. The Morgan fingerprint density at radius 3 is 2.80 bits per heavy atom. The zero-order valence-electron chi connectivity index (χ0n) is 13.6. The number of hydrogen-bond donors (Lipinski definition) is 0. The van der Waals surface area contributed by atoms with E-state index in [0.717, 1.165) is 10.4 Å². The van der Waals surface area contributed by atoms with Crippen LogP contribution in [0, 0.1) is 6.92 Å². The third-order valence-corrected chi connectivity index (χ3v) is 5.59. The van der Waals surface area contributed by atoms with Crippen LogP contribution in [0.4, 0.5) is 0 Å². The predicted molar refractivity (Wildman–Crippen MR) is 98.9 cm³/mol. The van der Waals surface area contributed by atoms with Crippen LogP contribution in [0.3, 0.4) is 0 Å². The number of thioether (sulfide) groups is 1. The van der Waals surface area contributed by atoms with Crippen LogP contribution in [0.25, 0.3) is 21.7 Å². The van der Waals surface area contributed by atoms with Crippen LogP contribution in [0.15, 0.2) is 50.2 Å². The van der Waals surface area contributed by atoms with Crippen molar-refractivity contribution in [3.05, 3.63) is 57.5 Å². The van der Waals surface area contributed by atoms with E-state index in [1.165, 1.54) is 28.7 Å². The molecule has 0 fully saturated rings. The lowest BCUT2D eigenvalue weighted by atomic mass is 10.1. The van der Waals surface area contributed by atoms with Crippen LogP contribution in [-0.2, 0) is 12.8 Å². The van der Waals surface area contributed by atoms with Crippen LogP contribution >= 0.6 is 23.1 Å². The van der Waals surface area contributed by atoms with Crippen LogP contribution in [-0.4, -0.2) is 19.7 Å². The Morgan fingerprint density at radius 1 is 1.20 bits per heavy atom. The minimum Gasteiger partial charge on any atom is -0.334 e. The summed E-state index contributed by atoms with van der Waals surface area (Å²) >= 11 is 2.88. The molecule has 3 heterocycles. The minimum absolute atomic E-state index is 0.0396. The van der Waals surface area contributed by atoms with E-state index in [0.29, 0.717) is 28.0 Å². The highest BCUT2D eigenvalue weighted by molar-refractivity contribution is 7.98. The van der Waals surface area contributed by atoms with Gasteiger partial charge in [0.25, 0.3) is 11.4 Å². The monoisotopic (exact) mass is 370 g/mol. The summed E-state index contributed by atoms with van der Waals surface area (Å²) in [5.74, 6) is 1.54. The van der Waals surface area contributed by atoms with Gasteiger partial charge in [-0.25, -0.2) is 4.98 Å². The van der Waals surface area contributed by atoms with Gasteiger partial charge >= 0.3 is 0 Å². The van der Waals surface area contributed by atoms with E-state index in [1.54, 1.807) is 17.7 Å². The summed E-state index contributed by atoms with van der Waals surface area (Å²) < 4.78 is 6.89. The normalized spacial score (nSPS) is 11.3. The van der Waals surface area contributed by atoms with E-state index in [9.17, 15) is 4.79 Å². The van der Waals surface area contributed by atoms with Crippen molar-refractivity contribution in [2.75, 3.05) is 0 Å². The Balaban J connectivity index is 1.55. The number of nitrogens with zero attached hydrogens (tertiary/aromatic N) is 4. The number of rotatable bonds is 4. The molecule has 0 radical (unpaired) electrons. The van der Waals surface area contributed by atoms with Gasteiger partial charge in [-0.15, -0.1) is 11.3 Å². The van der Waals surface area contributed by atoms with Crippen molar-refractivity contribution < 1.29 is 4.52 Å². The molecule has 0 bridgehead atoms. The highest BCUT2D eigenvalue weighted by Crippen LogP contribution is 2.24. The quantitative estimate of drug-likeness (QED) is 0.403. The van der Waals surface area contributed by atoms with Crippen molar-refractivity contribution >= 4 is 33.3 Å². The summed E-state index contributed by atoms with van der Waals surface area (Å²) in [6.07, 6.45) is 0. The lowest BCUT2D eigenvalue weighted by Gasteiger charge is -2.05. The molecule has 0 aliphatic rings. The molecule has 6 nitrogen and oxygen atoms in total. The predicted octanol–water partition coefficient (Wildman–Crippen LogP) is 3.65. The summed E-state index contributed by atoms with van der Waals surface area (Å²) in [4.78, 5) is 22.0. The maximum atomic E-state index is 12.3. The van der Waals surface area contributed by atoms with Crippen molar-refractivity contribution in [1.82, 2.24) is 19.7 Å². The molecule has 3 aromatic heterocycles. The fraction of sp³-hybridized carbons (Fsp3) is 0.176. The molecule has 25 heavy (non-hydrogen) atoms. The van der Waals surface area contributed by atoms with Crippen molar-refractivity contribution in [2.24, 2.45) is 7.05 Å². The summed E-state index contributed by atoms with van der Waals surface area (Å²) in [6.45, 7) is 2.03. The van der Waals surface area contributed by atoms with Crippen molar-refractivity contribution in [3.8, 4) is 11.5 Å². The van der Waals surface area contributed by atoms with Gasteiger partial charge in [0.15, 0.2) is 11.0 Å². The first-order valence-electron chi connectivity index (χ1n) is 7.58. The lowest BCUT2D eigenvalue weighted by molar-refractivity contribution is 0.425. The SMILES string of the molecule is Cc1ccc(-c2nc(CSc3nc4sccc4c(=O)n3C)no2)cc1. The molecule has 0 saturated heterocycles. The Kier molecular flexibility index (Phi) is 4.14. The molecule has 1 aromatic carbocycles. The summed E-state index contributed by atoms with van der Waals surface area (Å²) in [7, 11) is 1.72. The Bertz CT molecular complexity index is 1100. The van der Waals surface area contributed by atoms with Gasteiger partial charge in [0, 0.05) is 12.6 Å². The second-order valence-corrected chi connectivity index (χ2v) is 7.41. The standard InChI is InChI=1S/C17H14N4O2S2/c1-10-3-5-11(6-4-10)14-18-13(20-23-14)9-25-17-19-15-12(7-8-24-15)16(22)21(17)2/h3-8H,9H2,1-2H3. The molecule has 0 aliphatic carbocycles. The van der Waals surface area contributed by atoms with Crippen molar-refractivity contribution in [2.45, 2.75) is 17.8 Å².